The average molecular weight is 299 g/mol. The number of benzene rings is 2. The smallest absolute Gasteiger partial charge is 0.136 e. The van der Waals surface area contributed by atoms with Crippen molar-refractivity contribution >= 4 is 22.5 Å². The maximum absolute atomic E-state index is 6.21. The van der Waals surface area contributed by atoms with Crippen molar-refractivity contribution < 1.29 is 4.74 Å². The molecule has 0 amide bonds. The van der Waals surface area contributed by atoms with Gasteiger partial charge in [0.05, 0.1) is 5.52 Å². The predicted octanol–water partition coefficient (Wildman–Crippen LogP) is 3.93. The molecule has 3 rings (SSSR count). The summed E-state index contributed by atoms with van der Waals surface area (Å²) in [6.07, 6.45) is 0. The zero-order valence-electron chi connectivity index (χ0n) is 11.4. The third kappa shape index (κ3) is 3.15. The van der Waals surface area contributed by atoms with Gasteiger partial charge in [-0.1, -0.05) is 41.9 Å². The van der Waals surface area contributed by atoms with Crippen LogP contribution >= 0.6 is 11.6 Å². The van der Waals surface area contributed by atoms with Crippen LogP contribution in [-0.4, -0.2) is 4.98 Å². The first-order valence-electron chi connectivity index (χ1n) is 6.72. The molecule has 0 spiro atoms. The molecule has 1 aromatic heterocycles. The van der Waals surface area contributed by atoms with Crippen molar-refractivity contribution in [2.45, 2.75) is 13.2 Å². The number of pyridine rings is 1. The molecule has 106 valence electrons. The van der Waals surface area contributed by atoms with Crippen LogP contribution in [-0.2, 0) is 13.2 Å². The van der Waals surface area contributed by atoms with E-state index in [9.17, 15) is 0 Å². The summed E-state index contributed by atoms with van der Waals surface area (Å²) in [5.74, 6) is 0.788. The molecule has 2 aromatic carbocycles. The van der Waals surface area contributed by atoms with Gasteiger partial charge in [0.25, 0.3) is 0 Å². The van der Waals surface area contributed by atoms with Crippen molar-refractivity contribution in [3.8, 4) is 5.75 Å². The van der Waals surface area contributed by atoms with Crippen molar-refractivity contribution in [2.75, 3.05) is 0 Å². The first-order chi connectivity index (χ1) is 10.3. The van der Waals surface area contributed by atoms with E-state index in [-0.39, 0.29) is 0 Å². The molecule has 4 heteroatoms. The molecule has 3 aromatic rings. The van der Waals surface area contributed by atoms with Crippen LogP contribution in [0.1, 0.15) is 11.1 Å². The van der Waals surface area contributed by atoms with Crippen LogP contribution < -0.4 is 10.5 Å². The van der Waals surface area contributed by atoms with Crippen LogP contribution in [0.25, 0.3) is 10.9 Å². The van der Waals surface area contributed by atoms with E-state index in [1.54, 1.807) is 0 Å². The Morgan fingerprint density at radius 3 is 2.57 bits per heavy atom. The monoisotopic (exact) mass is 298 g/mol. The number of para-hydroxylation sites is 1. The molecule has 0 saturated carbocycles. The Bertz CT molecular complexity index is 756. The van der Waals surface area contributed by atoms with Gasteiger partial charge in [-0.05, 0) is 29.8 Å². The second kappa shape index (κ2) is 6.12. The third-order valence-corrected chi connectivity index (χ3v) is 3.63. The van der Waals surface area contributed by atoms with Gasteiger partial charge in [0, 0.05) is 17.5 Å². The number of hydrogen-bond acceptors (Lipinski definition) is 3. The van der Waals surface area contributed by atoms with Gasteiger partial charge in [-0.2, -0.15) is 0 Å². The van der Waals surface area contributed by atoms with Gasteiger partial charge in [0.15, 0.2) is 0 Å². The second-order valence-electron chi connectivity index (χ2n) is 4.77. The number of halogens is 1. The Balaban J connectivity index is 1.79. The first-order valence-corrected chi connectivity index (χ1v) is 7.10. The molecule has 2 N–H and O–H groups in total. The van der Waals surface area contributed by atoms with Crippen LogP contribution in [0.3, 0.4) is 0 Å². The lowest BCUT2D eigenvalue weighted by molar-refractivity contribution is 0.306. The molecule has 0 radical (unpaired) electrons. The van der Waals surface area contributed by atoms with Crippen molar-refractivity contribution in [1.29, 1.82) is 0 Å². The van der Waals surface area contributed by atoms with Gasteiger partial charge in [-0.3, -0.25) is 0 Å². The van der Waals surface area contributed by atoms with E-state index in [4.69, 9.17) is 22.1 Å². The van der Waals surface area contributed by atoms with Gasteiger partial charge < -0.3 is 10.5 Å². The minimum Gasteiger partial charge on any atom is -0.489 e. The van der Waals surface area contributed by atoms with Gasteiger partial charge >= 0.3 is 0 Å². The predicted molar refractivity (Wildman–Crippen MR) is 85.4 cm³/mol. The van der Waals surface area contributed by atoms with Crippen LogP contribution in [0.2, 0.25) is 5.15 Å². The Morgan fingerprint density at radius 2 is 1.81 bits per heavy atom. The molecule has 0 aliphatic carbocycles. The fraction of sp³-hybridized carbons (Fsp3) is 0.118. The number of hydrogen-bond donors (Lipinski definition) is 1. The summed E-state index contributed by atoms with van der Waals surface area (Å²) in [6.45, 7) is 0.916. The summed E-state index contributed by atoms with van der Waals surface area (Å²) < 4.78 is 5.76. The second-order valence-corrected chi connectivity index (χ2v) is 5.13. The third-order valence-electron chi connectivity index (χ3n) is 3.30. The molecule has 1 heterocycles. The van der Waals surface area contributed by atoms with E-state index >= 15 is 0 Å². The van der Waals surface area contributed by atoms with E-state index in [0.29, 0.717) is 18.3 Å². The Kier molecular flexibility index (Phi) is 4.04. The fourth-order valence-electron chi connectivity index (χ4n) is 2.12. The van der Waals surface area contributed by atoms with Crippen molar-refractivity contribution in [3.63, 3.8) is 0 Å². The number of ether oxygens (including phenoxy) is 1. The zero-order valence-corrected chi connectivity index (χ0v) is 12.2. The molecule has 0 bridgehead atoms. The number of nitrogens with zero attached hydrogens (tertiary/aromatic N) is 1. The van der Waals surface area contributed by atoms with Crippen LogP contribution in [0, 0.1) is 0 Å². The molecular formula is C17H15ClN2O. The number of fused-ring (bicyclic) bond motifs is 1. The van der Waals surface area contributed by atoms with Crippen LogP contribution in [0.15, 0.2) is 54.6 Å². The first kappa shape index (κ1) is 13.9. The molecule has 0 atom stereocenters. The molecule has 0 saturated heterocycles. The molecule has 0 unspecified atom stereocenters. The molecule has 0 fully saturated rings. The van der Waals surface area contributed by atoms with Gasteiger partial charge in [-0.15, -0.1) is 0 Å². The number of aromatic nitrogens is 1. The highest BCUT2D eigenvalue weighted by molar-refractivity contribution is 6.30. The quantitative estimate of drug-likeness (QED) is 0.743. The maximum Gasteiger partial charge on any atom is 0.136 e. The van der Waals surface area contributed by atoms with Gasteiger partial charge in [0.2, 0.25) is 0 Å². The molecule has 3 nitrogen and oxygen atoms in total. The van der Waals surface area contributed by atoms with Crippen molar-refractivity contribution in [2.24, 2.45) is 5.73 Å². The number of rotatable bonds is 4. The van der Waals surface area contributed by atoms with E-state index in [1.165, 1.54) is 0 Å². The highest BCUT2D eigenvalue weighted by Crippen LogP contribution is 2.22. The van der Waals surface area contributed by atoms with E-state index in [0.717, 1.165) is 27.8 Å². The van der Waals surface area contributed by atoms with E-state index in [2.05, 4.69) is 4.98 Å². The van der Waals surface area contributed by atoms with E-state index < -0.39 is 0 Å². The Labute approximate surface area is 128 Å². The van der Waals surface area contributed by atoms with E-state index in [1.807, 2.05) is 54.6 Å². The molecule has 21 heavy (non-hydrogen) atoms. The van der Waals surface area contributed by atoms with Gasteiger partial charge in [-0.25, -0.2) is 4.98 Å². The zero-order chi connectivity index (χ0) is 14.7. The summed E-state index contributed by atoms with van der Waals surface area (Å²) >= 11 is 6.21. The summed E-state index contributed by atoms with van der Waals surface area (Å²) in [5, 5.41) is 1.53. The molecule has 0 aliphatic rings. The van der Waals surface area contributed by atoms with Crippen LogP contribution in [0.4, 0.5) is 0 Å². The number of nitrogens with two attached hydrogens (primary N) is 1. The fourth-order valence-corrected chi connectivity index (χ4v) is 2.32. The Morgan fingerprint density at radius 1 is 1.05 bits per heavy atom. The largest absolute Gasteiger partial charge is 0.489 e. The lowest BCUT2D eigenvalue weighted by Gasteiger charge is -2.09. The summed E-state index contributed by atoms with van der Waals surface area (Å²) in [4.78, 5) is 4.38. The van der Waals surface area contributed by atoms with Crippen molar-refractivity contribution in [3.05, 3.63) is 70.9 Å². The lowest BCUT2D eigenvalue weighted by Crippen LogP contribution is -1.99. The normalized spacial score (nSPS) is 10.8. The lowest BCUT2D eigenvalue weighted by atomic mass is 10.1. The minimum atomic E-state index is 0.388. The molecular weight excluding hydrogens is 284 g/mol. The van der Waals surface area contributed by atoms with Crippen molar-refractivity contribution in [1.82, 2.24) is 4.98 Å². The standard InChI is InChI=1S/C17H15ClN2O/c18-17-14(9-13-3-1-2-4-16(13)20-17)11-21-15-7-5-12(10-19)6-8-15/h1-9H,10-11,19H2. The van der Waals surface area contributed by atoms with Gasteiger partial charge in [0.1, 0.15) is 17.5 Å². The Hall–Kier alpha value is -2.10. The minimum absolute atomic E-state index is 0.388. The molecule has 0 aliphatic heterocycles. The SMILES string of the molecule is NCc1ccc(OCc2cc3ccccc3nc2Cl)cc1. The summed E-state index contributed by atoms with van der Waals surface area (Å²) in [6, 6.07) is 17.6. The maximum atomic E-state index is 6.21. The average Bonchev–Trinajstić information content (AvgIpc) is 2.53. The highest BCUT2D eigenvalue weighted by atomic mass is 35.5. The highest BCUT2D eigenvalue weighted by Gasteiger charge is 2.05. The summed E-state index contributed by atoms with van der Waals surface area (Å²) in [5.41, 5.74) is 8.41. The summed E-state index contributed by atoms with van der Waals surface area (Å²) in [7, 11) is 0. The topological polar surface area (TPSA) is 48.1 Å². The van der Waals surface area contributed by atoms with Crippen LogP contribution in [0.5, 0.6) is 5.75 Å².